The van der Waals surface area contributed by atoms with Crippen molar-refractivity contribution in [2.75, 3.05) is 0 Å². The average molecular weight is 280 g/mol. The zero-order valence-corrected chi connectivity index (χ0v) is 12.3. The van der Waals surface area contributed by atoms with E-state index in [2.05, 4.69) is 10.6 Å². The molecule has 0 bridgehead atoms. The van der Waals surface area contributed by atoms with Crippen LogP contribution in [0.5, 0.6) is 0 Å². The summed E-state index contributed by atoms with van der Waals surface area (Å²) in [5.41, 5.74) is 1.25. The van der Waals surface area contributed by atoms with E-state index in [1.54, 1.807) is 19.1 Å². The van der Waals surface area contributed by atoms with Crippen LogP contribution in [-0.4, -0.2) is 17.9 Å². The Hall–Kier alpha value is -1.91. The summed E-state index contributed by atoms with van der Waals surface area (Å²) < 4.78 is 13.4. The van der Waals surface area contributed by atoms with E-state index in [4.69, 9.17) is 0 Å². The number of hydrogen-bond acceptors (Lipinski definition) is 2. The number of benzene rings is 1. The summed E-state index contributed by atoms with van der Waals surface area (Å²) in [6, 6.07) is 4.26. The van der Waals surface area contributed by atoms with Gasteiger partial charge >= 0.3 is 0 Å². The van der Waals surface area contributed by atoms with Crippen molar-refractivity contribution in [1.82, 2.24) is 10.6 Å². The highest BCUT2D eigenvalue weighted by Gasteiger charge is 2.22. The second kappa shape index (κ2) is 7.03. The van der Waals surface area contributed by atoms with Crippen LogP contribution in [0.2, 0.25) is 0 Å². The first-order chi connectivity index (χ1) is 9.31. The Morgan fingerprint density at radius 2 is 1.95 bits per heavy atom. The zero-order valence-electron chi connectivity index (χ0n) is 12.3. The van der Waals surface area contributed by atoms with Gasteiger partial charge in [-0.3, -0.25) is 9.59 Å². The molecule has 0 aliphatic rings. The number of carbonyl (C=O) groups is 2. The SMILES string of the molecule is CC(=O)N[C@H](C(=O)NCc1ccc(C)c(F)c1)C(C)C. The van der Waals surface area contributed by atoms with Crippen LogP contribution in [0.1, 0.15) is 31.9 Å². The van der Waals surface area contributed by atoms with E-state index in [0.717, 1.165) is 0 Å². The highest BCUT2D eigenvalue weighted by atomic mass is 19.1. The van der Waals surface area contributed by atoms with Gasteiger partial charge < -0.3 is 10.6 Å². The van der Waals surface area contributed by atoms with Gasteiger partial charge in [0.25, 0.3) is 0 Å². The van der Waals surface area contributed by atoms with Crippen LogP contribution < -0.4 is 10.6 Å². The van der Waals surface area contributed by atoms with Gasteiger partial charge in [0, 0.05) is 13.5 Å². The van der Waals surface area contributed by atoms with Crippen molar-refractivity contribution in [3.8, 4) is 0 Å². The van der Waals surface area contributed by atoms with Gasteiger partial charge in [0.05, 0.1) is 0 Å². The molecule has 2 N–H and O–H groups in total. The summed E-state index contributed by atoms with van der Waals surface area (Å²) in [6.45, 7) is 7.00. The third-order valence-electron chi connectivity index (χ3n) is 3.01. The van der Waals surface area contributed by atoms with Gasteiger partial charge in [0.1, 0.15) is 11.9 Å². The lowest BCUT2D eigenvalue weighted by atomic mass is 10.0. The molecule has 1 aromatic rings. The van der Waals surface area contributed by atoms with Crippen molar-refractivity contribution in [3.05, 3.63) is 35.1 Å². The summed E-state index contributed by atoms with van der Waals surface area (Å²) in [4.78, 5) is 23.1. The van der Waals surface area contributed by atoms with Gasteiger partial charge in [-0.15, -0.1) is 0 Å². The molecular weight excluding hydrogens is 259 g/mol. The molecule has 0 radical (unpaired) electrons. The third kappa shape index (κ3) is 4.64. The van der Waals surface area contributed by atoms with Crippen LogP contribution in [0.15, 0.2) is 18.2 Å². The molecule has 20 heavy (non-hydrogen) atoms. The maximum absolute atomic E-state index is 13.4. The summed E-state index contributed by atoms with van der Waals surface area (Å²) in [7, 11) is 0. The Balaban J connectivity index is 2.64. The van der Waals surface area contributed by atoms with Crippen LogP contribution in [0.25, 0.3) is 0 Å². The molecule has 2 amide bonds. The average Bonchev–Trinajstić information content (AvgIpc) is 2.36. The van der Waals surface area contributed by atoms with Gasteiger partial charge in [-0.2, -0.15) is 0 Å². The van der Waals surface area contributed by atoms with Gasteiger partial charge in [-0.05, 0) is 30.0 Å². The van der Waals surface area contributed by atoms with Crippen LogP contribution in [-0.2, 0) is 16.1 Å². The second-order valence-corrected chi connectivity index (χ2v) is 5.22. The molecule has 0 saturated carbocycles. The van der Waals surface area contributed by atoms with Crippen molar-refractivity contribution >= 4 is 11.8 Å². The molecule has 0 aromatic heterocycles. The van der Waals surface area contributed by atoms with Crippen LogP contribution >= 0.6 is 0 Å². The lowest BCUT2D eigenvalue weighted by Crippen LogP contribution is -2.48. The molecule has 0 fully saturated rings. The van der Waals surface area contributed by atoms with E-state index in [1.807, 2.05) is 13.8 Å². The Morgan fingerprint density at radius 3 is 2.45 bits per heavy atom. The third-order valence-corrected chi connectivity index (χ3v) is 3.01. The molecule has 5 heteroatoms. The normalized spacial score (nSPS) is 12.1. The second-order valence-electron chi connectivity index (χ2n) is 5.22. The largest absolute Gasteiger partial charge is 0.350 e. The standard InChI is InChI=1S/C15H21FN2O2/c1-9(2)14(18-11(4)19)15(20)17-8-12-6-5-10(3)13(16)7-12/h5-7,9,14H,8H2,1-4H3,(H,17,20)(H,18,19)/t14-/m0/s1. The summed E-state index contributed by atoms with van der Waals surface area (Å²) >= 11 is 0. The lowest BCUT2D eigenvalue weighted by Gasteiger charge is -2.21. The minimum Gasteiger partial charge on any atom is -0.350 e. The minimum absolute atomic E-state index is 0.0198. The molecule has 1 aromatic carbocycles. The number of rotatable bonds is 5. The van der Waals surface area contributed by atoms with E-state index in [9.17, 15) is 14.0 Å². The van der Waals surface area contributed by atoms with E-state index in [-0.39, 0.29) is 30.1 Å². The van der Waals surface area contributed by atoms with Crippen molar-refractivity contribution < 1.29 is 14.0 Å². The molecule has 0 spiro atoms. The van der Waals surface area contributed by atoms with E-state index in [1.165, 1.54) is 13.0 Å². The van der Waals surface area contributed by atoms with Crippen molar-refractivity contribution in [1.29, 1.82) is 0 Å². The number of hydrogen-bond donors (Lipinski definition) is 2. The number of amides is 2. The molecule has 0 unspecified atom stereocenters. The minimum atomic E-state index is -0.581. The lowest BCUT2D eigenvalue weighted by molar-refractivity contribution is -0.129. The Kier molecular flexibility index (Phi) is 5.67. The fourth-order valence-corrected chi connectivity index (χ4v) is 1.80. The number of halogens is 1. The smallest absolute Gasteiger partial charge is 0.243 e. The summed E-state index contributed by atoms with van der Waals surface area (Å²) in [5, 5.41) is 5.32. The predicted molar refractivity (Wildman–Crippen MR) is 75.4 cm³/mol. The quantitative estimate of drug-likeness (QED) is 0.865. The first kappa shape index (κ1) is 16.1. The molecule has 4 nitrogen and oxygen atoms in total. The maximum Gasteiger partial charge on any atom is 0.243 e. The monoisotopic (exact) mass is 280 g/mol. The molecule has 110 valence electrons. The molecule has 0 aliphatic heterocycles. The van der Waals surface area contributed by atoms with E-state index in [0.29, 0.717) is 11.1 Å². The molecule has 0 aliphatic carbocycles. The van der Waals surface area contributed by atoms with Gasteiger partial charge in [-0.25, -0.2) is 4.39 Å². The van der Waals surface area contributed by atoms with Gasteiger partial charge in [0.15, 0.2) is 0 Å². The van der Waals surface area contributed by atoms with Crippen molar-refractivity contribution in [2.24, 2.45) is 5.92 Å². The Bertz CT molecular complexity index is 501. The van der Waals surface area contributed by atoms with E-state index >= 15 is 0 Å². The van der Waals surface area contributed by atoms with E-state index < -0.39 is 6.04 Å². The van der Waals surface area contributed by atoms with Crippen LogP contribution in [0.3, 0.4) is 0 Å². The van der Waals surface area contributed by atoms with Gasteiger partial charge in [0.2, 0.25) is 11.8 Å². The van der Waals surface area contributed by atoms with Crippen LogP contribution in [0.4, 0.5) is 4.39 Å². The number of carbonyl (C=O) groups excluding carboxylic acids is 2. The molecule has 1 rings (SSSR count). The topological polar surface area (TPSA) is 58.2 Å². The Morgan fingerprint density at radius 1 is 1.30 bits per heavy atom. The molecule has 1 atom stereocenters. The number of aryl methyl sites for hydroxylation is 1. The zero-order chi connectivity index (χ0) is 15.3. The van der Waals surface area contributed by atoms with Gasteiger partial charge in [-0.1, -0.05) is 26.0 Å². The first-order valence-electron chi connectivity index (χ1n) is 6.61. The number of nitrogens with one attached hydrogen (secondary N) is 2. The molecular formula is C15H21FN2O2. The highest BCUT2D eigenvalue weighted by Crippen LogP contribution is 2.09. The van der Waals surface area contributed by atoms with Crippen molar-refractivity contribution in [3.63, 3.8) is 0 Å². The molecule has 0 heterocycles. The maximum atomic E-state index is 13.4. The van der Waals surface area contributed by atoms with Crippen molar-refractivity contribution in [2.45, 2.75) is 40.3 Å². The fraction of sp³-hybridized carbons (Fsp3) is 0.467. The summed E-state index contributed by atoms with van der Waals surface area (Å²) in [6.07, 6.45) is 0. The highest BCUT2D eigenvalue weighted by molar-refractivity contribution is 5.86. The fourth-order valence-electron chi connectivity index (χ4n) is 1.80. The van der Waals surface area contributed by atoms with Crippen LogP contribution in [0, 0.1) is 18.7 Å². The summed E-state index contributed by atoms with van der Waals surface area (Å²) in [5.74, 6) is -0.830. The predicted octanol–water partition coefficient (Wildman–Crippen LogP) is 1.91. The Labute approximate surface area is 118 Å². The molecule has 0 saturated heterocycles. The first-order valence-corrected chi connectivity index (χ1v) is 6.61.